The maximum absolute atomic E-state index is 14.3. The molecular formula is C33H40ClN3O5S. The van der Waals surface area contributed by atoms with Crippen molar-refractivity contribution in [2.75, 3.05) is 18.0 Å². The maximum Gasteiger partial charge on any atom is 0.264 e. The van der Waals surface area contributed by atoms with Gasteiger partial charge in [-0.1, -0.05) is 72.8 Å². The lowest BCUT2D eigenvalue weighted by molar-refractivity contribution is -0.139. The van der Waals surface area contributed by atoms with Crippen LogP contribution in [0.15, 0.2) is 71.6 Å². The average molecular weight is 626 g/mol. The smallest absolute Gasteiger partial charge is 0.264 e. The second-order valence-corrected chi connectivity index (χ2v) is 13.4. The lowest BCUT2D eigenvalue weighted by Gasteiger charge is -2.33. The molecule has 0 spiro atoms. The molecule has 1 saturated carbocycles. The zero-order valence-corrected chi connectivity index (χ0v) is 26.7. The Morgan fingerprint density at radius 1 is 0.977 bits per heavy atom. The normalized spacial score (nSPS) is 14.5. The van der Waals surface area contributed by atoms with E-state index in [0.717, 1.165) is 47.5 Å². The molecule has 4 rings (SSSR count). The summed E-state index contributed by atoms with van der Waals surface area (Å²) in [6.07, 6.45) is 5.03. The van der Waals surface area contributed by atoms with Crippen LogP contribution in [0.25, 0.3) is 0 Å². The lowest BCUT2D eigenvalue weighted by Crippen LogP contribution is -2.53. The molecule has 43 heavy (non-hydrogen) atoms. The Kier molecular flexibility index (Phi) is 10.7. The second-order valence-electron chi connectivity index (χ2n) is 11.1. The van der Waals surface area contributed by atoms with Gasteiger partial charge in [0.1, 0.15) is 18.3 Å². The molecule has 1 N–H and O–H groups in total. The molecule has 0 aliphatic heterocycles. The van der Waals surface area contributed by atoms with Crippen molar-refractivity contribution in [3.05, 3.63) is 88.4 Å². The van der Waals surface area contributed by atoms with Crippen LogP contribution in [-0.4, -0.2) is 50.9 Å². The van der Waals surface area contributed by atoms with Crippen LogP contribution in [0, 0.1) is 13.8 Å². The fourth-order valence-corrected chi connectivity index (χ4v) is 6.92. The van der Waals surface area contributed by atoms with Crippen LogP contribution in [0.3, 0.4) is 0 Å². The highest BCUT2D eigenvalue weighted by atomic mass is 35.5. The summed E-state index contributed by atoms with van der Waals surface area (Å²) in [5, 5.41) is 3.56. The molecule has 1 atom stereocenters. The summed E-state index contributed by atoms with van der Waals surface area (Å²) in [5.74, 6) is -0.534. The third-order valence-corrected chi connectivity index (χ3v) is 10.1. The van der Waals surface area contributed by atoms with E-state index in [4.69, 9.17) is 16.3 Å². The minimum Gasteiger partial charge on any atom is -0.495 e. The van der Waals surface area contributed by atoms with Crippen molar-refractivity contribution < 1.29 is 22.7 Å². The average Bonchev–Trinajstić information content (AvgIpc) is 2.99. The number of hydrogen-bond acceptors (Lipinski definition) is 5. The van der Waals surface area contributed by atoms with Gasteiger partial charge in [0, 0.05) is 17.6 Å². The monoisotopic (exact) mass is 625 g/mol. The van der Waals surface area contributed by atoms with Crippen molar-refractivity contribution in [1.29, 1.82) is 0 Å². The summed E-state index contributed by atoms with van der Waals surface area (Å²) in [6, 6.07) is 17.9. The van der Waals surface area contributed by atoms with E-state index in [-0.39, 0.29) is 29.1 Å². The summed E-state index contributed by atoms with van der Waals surface area (Å²) < 4.78 is 34.9. The molecule has 3 aromatic rings. The van der Waals surface area contributed by atoms with Crippen molar-refractivity contribution in [3.63, 3.8) is 0 Å². The number of carbonyl (C=O) groups is 2. The van der Waals surface area contributed by atoms with Crippen molar-refractivity contribution in [1.82, 2.24) is 10.2 Å². The Hall–Kier alpha value is -3.56. The predicted molar refractivity (Wildman–Crippen MR) is 170 cm³/mol. The van der Waals surface area contributed by atoms with Gasteiger partial charge in [0.25, 0.3) is 10.0 Å². The Morgan fingerprint density at radius 3 is 2.28 bits per heavy atom. The van der Waals surface area contributed by atoms with Gasteiger partial charge in [-0.15, -0.1) is 0 Å². The summed E-state index contributed by atoms with van der Waals surface area (Å²) in [5.41, 5.74) is 2.57. The first-order valence-corrected chi connectivity index (χ1v) is 16.4. The van der Waals surface area contributed by atoms with Gasteiger partial charge in [-0.2, -0.15) is 0 Å². The fourth-order valence-electron chi connectivity index (χ4n) is 5.31. The SMILES string of the molecule is COc1ccc(C)cc1N(CC(=O)N(Cc1ccccc1Cl)C(C)C(=O)NC1CCCCC1)S(=O)(=O)c1ccc(C)cc1. The number of methoxy groups -OCH3 is 1. The van der Waals surface area contributed by atoms with Gasteiger partial charge in [-0.3, -0.25) is 13.9 Å². The van der Waals surface area contributed by atoms with E-state index < -0.39 is 28.5 Å². The number of benzene rings is 3. The van der Waals surface area contributed by atoms with E-state index in [1.807, 2.05) is 26.0 Å². The van der Waals surface area contributed by atoms with Crippen LogP contribution in [0.4, 0.5) is 5.69 Å². The zero-order chi connectivity index (χ0) is 31.1. The topological polar surface area (TPSA) is 96.0 Å². The summed E-state index contributed by atoms with van der Waals surface area (Å²) in [6.45, 7) is 4.85. The molecule has 1 unspecified atom stereocenters. The third-order valence-electron chi connectivity index (χ3n) is 7.91. The summed E-state index contributed by atoms with van der Waals surface area (Å²) in [4.78, 5) is 29.2. The molecule has 10 heteroatoms. The number of nitrogens with zero attached hydrogens (tertiary/aromatic N) is 2. The molecule has 0 saturated heterocycles. The van der Waals surface area contributed by atoms with Crippen molar-refractivity contribution in [2.45, 2.75) is 76.4 Å². The lowest BCUT2D eigenvalue weighted by atomic mass is 9.95. The molecular weight excluding hydrogens is 586 g/mol. The number of nitrogens with one attached hydrogen (secondary N) is 1. The molecule has 1 aliphatic carbocycles. The van der Waals surface area contributed by atoms with Gasteiger partial charge in [0.15, 0.2) is 0 Å². The molecule has 0 aromatic heterocycles. The van der Waals surface area contributed by atoms with Gasteiger partial charge in [-0.25, -0.2) is 8.42 Å². The Balaban J connectivity index is 1.74. The van der Waals surface area contributed by atoms with E-state index in [2.05, 4.69) is 5.32 Å². The third kappa shape index (κ3) is 7.89. The molecule has 3 aromatic carbocycles. The van der Waals surface area contributed by atoms with E-state index in [1.54, 1.807) is 49.4 Å². The molecule has 1 aliphatic rings. The molecule has 0 bridgehead atoms. The first-order chi connectivity index (χ1) is 20.5. The van der Waals surface area contributed by atoms with Crippen LogP contribution in [0.5, 0.6) is 5.75 Å². The number of amides is 2. The first kappa shape index (κ1) is 32.4. The van der Waals surface area contributed by atoms with E-state index in [0.29, 0.717) is 16.3 Å². The van der Waals surface area contributed by atoms with Crippen molar-refractivity contribution in [2.24, 2.45) is 0 Å². The summed E-state index contributed by atoms with van der Waals surface area (Å²) >= 11 is 6.48. The van der Waals surface area contributed by atoms with Gasteiger partial charge in [-0.05, 0) is 75.1 Å². The van der Waals surface area contributed by atoms with Crippen molar-refractivity contribution >= 4 is 39.1 Å². The van der Waals surface area contributed by atoms with Gasteiger partial charge in [0.2, 0.25) is 11.8 Å². The largest absolute Gasteiger partial charge is 0.495 e. The minimum atomic E-state index is -4.22. The second kappa shape index (κ2) is 14.3. The highest BCUT2D eigenvalue weighted by molar-refractivity contribution is 7.92. The molecule has 1 fully saturated rings. The van der Waals surface area contributed by atoms with E-state index >= 15 is 0 Å². The molecule has 8 nitrogen and oxygen atoms in total. The number of rotatable bonds is 11. The zero-order valence-electron chi connectivity index (χ0n) is 25.2. The highest BCUT2D eigenvalue weighted by Gasteiger charge is 2.34. The first-order valence-electron chi connectivity index (χ1n) is 14.6. The molecule has 0 radical (unpaired) electrons. The van der Waals surface area contributed by atoms with Gasteiger partial charge in [0.05, 0.1) is 17.7 Å². The standard InChI is InChI=1S/C33H40ClN3O5S/c1-23-14-17-28(18-15-23)43(40,41)37(30-20-24(2)16-19-31(30)42-4)22-32(38)36(21-26-10-8-9-13-29(26)34)25(3)33(39)35-27-11-6-5-7-12-27/h8-10,13-20,25,27H,5-7,11-12,21-22H2,1-4H3,(H,35,39). The Labute approximate surface area is 260 Å². The number of sulfonamides is 1. The van der Waals surface area contributed by atoms with E-state index in [9.17, 15) is 18.0 Å². The van der Waals surface area contributed by atoms with Crippen LogP contribution >= 0.6 is 11.6 Å². The fraction of sp³-hybridized carbons (Fsp3) is 0.394. The quantitative estimate of drug-likeness (QED) is 0.281. The predicted octanol–water partition coefficient (Wildman–Crippen LogP) is 6.03. The number of carbonyl (C=O) groups excluding carboxylic acids is 2. The Morgan fingerprint density at radius 2 is 1.63 bits per heavy atom. The van der Waals surface area contributed by atoms with E-state index in [1.165, 1.54) is 24.1 Å². The number of aryl methyl sites for hydroxylation is 2. The highest BCUT2D eigenvalue weighted by Crippen LogP contribution is 2.34. The van der Waals surface area contributed by atoms with Crippen LogP contribution < -0.4 is 14.4 Å². The van der Waals surface area contributed by atoms with Crippen LogP contribution in [-0.2, 0) is 26.2 Å². The number of ether oxygens (including phenoxy) is 1. The van der Waals surface area contributed by atoms with Gasteiger partial charge < -0.3 is 15.0 Å². The minimum absolute atomic E-state index is 0.0289. The van der Waals surface area contributed by atoms with Gasteiger partial charge >= 0.3 is 0 Å². The molecule has 230 valence electrons. The van der Waals surface area contributed by atoms with Crippen LogP contribution in [0.1, 0.15) is 55.7 Å². The van der Waals surface area contributed by atoms with Crippen LogP contribution in [0.2, 0.25) is 5.02 Å². The molecule has 2 amide bonds. The summed E-state index contributed by atoms with van der Waals surface area (Å²) in [7, 11) is -2.77. The Bertz CT molecular complexity index is 1540. The number of anilines is 1. The number of halogens is 1. The molecule has 0 heterocycles. The number of hydrogen-bond donors (Lipinski definition) is 1. The maximum atomic E-state index is 14.3. The van der Waals surface area contributed by atoms with Crippen molar-refractivity contribution in [3.8, 4) is 5.75 Å².